The van der Waals surface area contributed by atoms with Crippen molar-refractivity contribution in [1.29, 1.82) is 0 Å². The van der Waals surface area contributed by atoms with Crippen molar-refractivity contribution in [2.45, 2.75) is 6.92 Å². The summed E-state index contributed by atoms with van der Waals surface area (Å²) in [5.41, 5.74) is 6.60. The Morgan fingerprint density at radius 1 is 1.03 bits per heavy atom. The van der Waals surface area contributed by atoms with Gasteiger partial charge in [0.1, 0.15) is 11.2 Å². The van der Waals surface area contributed by atoms with Gasteiger partial charge in [-0.1, -0.05) is 0 Å². The minimum Gasteiger partial charge on any atom is -0.472 e. The van der Waals surface area contributed by atoms with Gasteiger partial charge in [0.2, 0.25) is 0 Å². The van der Waals surface area contributed by atoms with Crippen molar-refractivity contribution in [3.8, 4) is 33.8 Å². The number of rotatable bonds is 3. The maximum atomic E-state index is 14.9. The molecule has 0 unspecified atom stereocenters. The van der Waals surface area contributed by atoms with Gasteiger partial charge in [0, 0.05) is 40.7 Å². The summed E-state index contributed by atoms with van der Waals surface area (Å²) in [6.45, 7) is 1.97. The van der Waals surface area contributed by atoms with Gasteiger partial charge in [0.15, 0.2) is 17.3 Å². The van der Waals surface area contributed by atoms with Crippen LogP contribution in [0.5, 0.6) is 0 Å². The molecule has 0 amide bonds. The third-order valence-corrected chi connectivity index (χ3v) is 5.42. The van der Waals surface area contributed by atoms with Gasteiger partial charge in [0.25, 0.3) is 0 Å². The van der Waals surface area contributed by atoms with E-state index in [1.165, 1.54) is 6.07 Å². The van der Waals surface area contributed by atoms with Gasteiger partial charge in [-0.2, -0.15) is 5.10 Å². The summed E-state index contributed by atoms with van der Waals surface area (Å²) in [4.78, 5) is 16.5. The lowest BCUT2D eigenvalue weighted by atomic mass is 10.0. The van der Waals surface area contributed by atoms with E-state index >= 15 is 0 Å². The molecule has 0 saturated heterocycles. The summed E-state index contributed by atoms with van der Waals surface area (Å²) in [5, 5.41) is 7.74. The van der Waals surface area contributed by atoms with Crippen molar-refractivity contribution < 1.29 is 8.81 Å². The Kier molecular flexibility index (Phi) is 3.73. The van der Waals surface area contributed by atoms with Crippen LogP contribution in [-0.2, 0) is 0 Å². The number of hydrogen-bond acceptors (Lipinski definition) is 5. The summed E-state index contributed by atoms with van der Waals surface area (Å²) in [5.74, 6) is 0.118. The van der Waals surface area contributed by atoms with Crippen molar-refractivity contribution >= 4 is 22.1 Å². The lowest BCUT2D eigenvalue weighted by Crippen LogP contribution is -1.88. The molecule has 2 N–H and O–H groups in total. The molecule has 0 aliphatic rings. The zero-order valence-corrected chi connectivity index (χ0v) is 16.3. The number of fused-ring (bicyclic) bond motifs is 2. The van der Waals surface area contributed by atoms with E-state index < -0.39 is 5.82 Å². The number of imidazole rings is 1. The first kappa shape index (κ1) is 17.5. The molecule has 0 fully saturated rings. The summed E-state index contributed by atoms with van der Waals surface area (Å²) in [6.07, 6.45) is 8.43. The predicted octanol–water partition coefficient (Wildman–Crippen LogP) is 5.27. The lowest BCUT2D eigenvalue weighted by Gasteiger charge is -2.06. The van der Waals surface area contributed by atoms with Crippen molar-refractivity contribution in [3.05, 3.63) is 72.8 Å². The number of benzene rings is 1. The Morgan fingerprint density at radius 2 is 1.97 bits per heavy atom. The van der Waals surface area contributed by atoms with Crippen LogP contribution in [0, 0.1) is 12.7 Å². The minimum absolute atomic E-state index is 0.253. The first-order valence-corrected chi connectivity index (χ1v) is 9.65. The summed E-state index contributed by atoms with van der Waals surface area (Å²) < 4.78 is 20.1. The van der Waals surface area contributed by atoms with Crippen LogP contribution in [0.3, 0.4) is 0 Å². The third kappa shape index (κ3) is 2.72. The average Bonchev–Trinajstić information content (AvgIpc) is 3.52. The molecule has 150 valence electrons. The van der Waals surface area contributed by atoms with Crippen LogP contribution < -0.4 is 0 Å². The number of H-pyrrole nitrogens is 2. The molecular weight excluding hydrogens is 395 g/mol. The van der Waals surface area contributed by atoms with Crippen molar-refractivity contribution in [2.75, 3.05) is 0 Å². The lowest BCUT2D eigenvalue weighted by molar-refractivity contribution is 0.568. The summed E-state index contributed by atoms with van der Waals surface area (Å²) >= 11 is 0. The molecular formula is C23H15FN6O. The topological polar surface area (TPSA) is 96.3 Å². The van der Waals surface area contributed by atoms with E-state index in [1.54, 1.807) is 31.1 Å². The molecule has 0 aliphatic heterocycles. The molecule has 0 radical (unpaired) electrons. The normalized spacial score (nSPS) is 11.5. The van der Waals surface area contributed by atoms with Gasteiger partial charge in [-0.05, 0) is 48.4 Å². The van der Waals surface area contributed by atoms with Crippen LogP contribution in [-0.4, -0.2) is 30.1 Å². The smallest absolute Gasteiger partial charge is 0.178 e. The number of hydrogen-bond donors (Lipinski definition) is 2. The highest BCUT2D eigenvalue weighted by molar-refractivity contribution is 5.97. The number of halogens is 1. The minimum atomic E-state index is -0.411. The zero-order chi connectivity index (χ0) is 20.9. The van der Waals surface area contributed by atoms with Crippen LogP contribution in [0.1, 0.15) is 5.56 Å². The number of nitrogens with zero attached hydrogens (tertiary/aromatic N) is 4. The number of aromatic amines is 2. The maximum absolute atomic E-state index is 14.9. The van der Waals surface area contributed by atoms with Crippen LogP contribution in [0.2, 0.25) is 0 Å². The third-order valence-electron chi connectivity index (χ3n) is 5.42. The van der Waals surface area contributed by atoms with E-state index in [9.17, 15) is 4.39 Å². The largest absolute Gasteiger partial charge is 0.472 e. The molecule has 31 heavy (non-hydrogen) atoms. The molecule has 6 rings (SSSR count). The van der Waals surface area contributed by atoms with Gasteiger partial charge >= 0.3 is 0 Å². The molecule has 0 atom stereocenters. The Morgan fingerprint density at radius 3 is 2.81 bits per heavy atom. The molecule has 0 aliphatic carbocycles. The second kappa shape index (κ2) is 6.60. The van der Waals surface area contributed by atoms with Crippen molar-refractivity contribution in [2.24, 2.45) is 0 Å². The van der Waals surface area contributed by atoms with Gasteiger partial charge in [0.05, 0.1) is 18.0 Å². The summed E-state index contributed by atoms with van der Waals surface area (Å²) in [7, 11) is 0. The SMILES string of the molecule is Cc1ccncc1-c1cc(F)c2n[nH]c(-c3nc4nccc(-c5ccoc5)c4[nH]3)c2c1. The first-order valence-electron chi connectivity index (χ1n) is 9.65. The average molecular weight is 410 g/mol. The standard InChI is InChI=1S/C23H15FN6O/c1-12-2-5-25-10-17(12)14-8-16-19(18(24)9-14)29-30-21(16)23-27-20-15(13-4-7-31-11-13)3-6-26-22(20)28-23/h2-11H,1H3,(H,29,30)(H,26,27,28). The highest BCUT2D eigenvalue weighted by Crippen LogP contribution is 2.34. The fourth-order valence-electron chi connectivity index (χ4n) is 3.87. The first-order chi connectivity index (χ1) is 15.2. The molecule has 6 aromatic rings. The predicted molar refractivity (Wildman–Crippen MR) is 115 cm³/mol. The fourth-order valence-corrected chi connectivity index (χ4v) is 3.87. The molecule has 7 nitrogen and oxygen atoms in total. The Labute approximate surface area is 175 Å². The Hall–Kier alpha value is -4.33. The van der Waals surface area contributed by atoms with E-state index in [-0.39, 0.29) is 5.52 Å². The molecule has 5 heterocycles. The van der Waals surface area contributed by atoms with Crippen LogP contribution >= 0.6 is 0 Å². The van der Waals surface area contributed by atoms with E-state index in [1.807, 2.05) is 31.2 Å². The van der Waals surface area contributed by atoms with E-state index in [2.05, 4.69) is 30.1 Å². The van der Waals surface area contributed by atoms with E-state index in [4.69, 9.17) is 4.42 Å². The molecule has 8 heteroatoms. The van der Waals surface area contributed by atoms with Crippen LogP contribution in [0.15, 0.2) is 65.9 Å². The Balaban J connectivity index is 1.56. The monoisotopic (exact) mass is 410 g/mol. The highest BCUT2D eigenvalue weighted by Gasteiger charge is 2.18. The molecule has 0 spiro atoms. The van der Waals surface area contributed by atoms with Gasteiger partial charge in [-0.3, -0.25) is 10.1 Å². The van der Waals surface area contributed by atoms with Crippen molar-refractivity contribution in [1.82, 2.24) is 30.1 Å². The fraction of sp³-hybridized carbons (Fsp3) is 0.0435. The van der Waals surface area contributed by atoms with E-state index in [0.717, 1.165) is 33.3 Å². The second-order valence-electron chi connectivity index (χ2n) is 7.30. The highest BCUT2D eigenvalue weighted by atomic mass is 19.1. The number of aromatic nitrogens is 6. The molecule has 5 aromatic heterocycles. The molecule has 0 saturated carbocycles. The number of furan rings is 1. The van der Waals surface area contributed by atoms with Gasteiger partial charge in [-0.25, -0.2) is 14.4 Å². The number of nitrogens with one attached hydrogen (secondary N) is 2. The number of aryl methyl sites for hydroxylation is 1. The van der Waals surface area contributed by atoms with Crippen LogP contribution in [0.25, 0.3) is 55.8 Å². The van der Waals surface area contributed by atoms with Crippen LogP contribution in [0.4, 0.5) is 4.39 Å². The second-order valence-corrected chi connectivity index (χ2v) is 7.30. The zero-order valence-electron chi connectivity index (χ0n) is 16.3. The van der Waals surface area contributed by atoms with Crippen molar-refractivity contribution in [3.63, 3.8) is 0 Å². The number of pyridine rings is 2. The quantitative estimate of drug-likeness (QED) is 0.414. The van der Waals surface area contributed by atoms with Gasteiger partial charge in [-0.15, -0.1) is 0 Å². The van der Waals surface area contributed by atoms with Gasteiger partial charge < -0.3 is 9.40 Å². The molecule has 1 aromatic carbocycles. The Bertz CT molecular complexity index is 1560. The summed E-state index contributed by atoms with van der Waals surface area (Å²) in [6, 6.07) is 9.05. The van der Waals surface area contributed by atoms with E-state index in [0.29, 0.717) is 22.6 Å². The molecule has 0 bridgehead atoms. The maximum Gasteiger partial charge on any atom is 0.178 e.